The van der Waals surface area contributed by atoms with Gasteiger partial charge in [-0.25, -0.2) is 15.0 Å². The summed E-state index contributed by atoms with van der Waals surface area (Å²) in [5, 5.41) is 4.49. The van der Waals surface area contributed by atoms with Crippen LogP contribution in [0.1, 0.15) is 0 Å². The van der Waals surface area contributed by atoms with Crippen molar-refractivity contribution in [3.05, 3.63) is 237 Å². The van der Waals surface area contributed by atoms with E-state index in [1.807, 2.05) is 72.8 Å². The second-order valence-corrected chi connectivity index (χ2v) is 16.9. The Bertz CT molecular complexity index is 3940. The van der Waals surface area contributed by atoms with E-state index in [0.29, 0.717) is 23.4 Å². The fraction of sp³-hybridized carbons (Fsp3) is 0. The first-order valence-electron chi connectivity index (χ1n) is 22.7. The van der Waals surface area contributed by atoms with Crippen molar-refractivity contribution < 1.29 is 0 Å². The minimum Gasteiger partial charge on any atom is -0.309 e. The van der Waals surface area contributed by atoms with Crippen LogP contribution in [0.15, 0.2) is 237 Å². The Morgan fingerprint density at radius 1 is 0.235 bits per heavy atom. The van der Waals surface area contributed by atoms with Crippen LogP contribution < -0.4 is 0 Å². The molecule has 4 heterocycles. The van der Waals surface area contributed by atoms with Crippen LogP contribution in [-0.2, 0) is 0 Å². The number of benzene rings is 9. The van der Waals surface area contributed by atoms with Crippen molar-refractivity contribution in [2.75, 3.05) is 0 Å². The predicted molar refractivity (Wildman–Crippen MR) is 277 cm³/mol. The molecule has 13 rings (SSSR count). The second kappa shape index (κ2) is 16.3. The molecule has 0 saturated heterocycles. The van der Waals surface area contributed by atoms with Crippen molar-refractivity contribution in [3.8, 4) is 79.4 Å². The highest BCUT2D eigenvalue weighted by Crippen LogP contribution is 2.40. The molecule has 0 N–H and O–H groups in total. The molecule has 0 amide bonds. The molecule has 0 fully saturated rings. The van der Waals surface area contributed by atoms with E-state index in [0.717, 1.165) is 99.6 Å². The normalized spacial score (nSPS) is 11.5. The van der Waals surface area contributed by atoms with Gasteiger partial charge in [-0.2, -0.15) is 9.97 Å². The summed E-state index contributed by atoms with van der Waals surface area (Å²) in [4.78, 5) is 25.8. The highest BCUT2D eigenvalue weighted by Gasteiger charge is 2.21. The summed E-state index contributed by atoms with van der Waals surface area (Å²) in [7, 11) is 0. The standard InChI is InChI=1S/C61H39N7/c1-5-18-40(19-6-1)45-26-17-27-46(36-45)53-39-52(41-20-7-2-8-21-41)62-58(63-53)44-32-34-47(35-33-44)67-54-30-15-13-28-48(54)50-38-57-51(37-56(50)67)49-29-14-16-31-55(49)68(57)61-65-59(42-22-9-3-10-23-42)64-60(66-61)43-24-11-4-12-25-43/h1-39H. The van der Waals surface area contributed by atoms with Crippen LogP contribution in [0.5, 0.6) is 0 Å². The lowest BCUT2D eigenvalue weighted by Gasteiger charge is -2.12. The van der Waals surface area contributed by atoms with Gasteiger partial charge in [-0.15, -0.1) is 0 Å². The van der Waals surface area contributed by atoms with Crippen LogP contribution in [0.4, 0.5) is 0 Å². The molecule has 13 aromatic rings. The van der Waals surface area contributed by atoms with Gasteiger partial charge in [-0.3, -0.25) is 4.57 Å². The van der Waals surface area contributed by atoms with E-state index in [2.05, 4.69) is 173 Å². The minimum atomic E-state index is 0.563. The summed E-state index contributed by atoms with van der Waals surface area (Å²) in [6.45, 7) is 0. The molecule has 7 nitrogen and oxygen atoms in total. The lowest BCUT2D eigenvalue weighted by Crippen LogP contribution is -2.06. The van der Waals surface area contributed by atoms with E-state index < -0.39 is 0 Å². The molecule has 9 aromatic carbocycles. The van der Waals surface area contributed by atoms with Crippen LogP contribution in [0.25, 0.3) is 123 Å². The van der Waals surface area contributed by atoms with Gasteiger partial charge in [-0.05, 0) is 71.8 Å². The fourth-order valence-corrected chi connectivity index (χ4v) is 9.55. The number of aromatic nitrogens is 7. The highest BCUT2D eigenvalue weighted by atomic mass is 15.2. The van der Waals surface area contributed by atoms with E-state index >= 15 is 0 Å². The van der Waals surface area contributed by atoms with Gasteiger partial charge in [0.2, 0.25) is 5.95 Å². The van der Waals surface area contributed by atoms with E-state index in [-0.39, 0.29) is 0 Å². The van der Waals surface area contributed by atoms with Gasteiger partial charge in [0, 0.05) is 55.0 Å². The van der Waals surface area contributed by atoms with Crippen LogP contribution in [0, 0.1) is 0 Å². The Morgan fingerprint density at radius 2 is 0.662 bits per heavy atom. The summed E-state index contributed by atoms with van der Waals surface area (Å²) >= 11 is 0. The lowest BCUT2D eigenvalue weighted by molar-refractivity contribution is 0.954. The van der Waals surface area contributed by atoms with E-state index in [1.165, 1.54) is 0 Å². The first-order valence-corrected chi connectivity index (χ1v) is 22.7. The maximum Gasteiger partial charge on any atom is 0.238 e. The summed E-state index contributed by atoms with van der Waals surface area (Å²) in [5.41, 5.74) is 14.2. The van der Waals surface area contributed by atoms with Gasteiger partial charge in [-0.1, -0.05) is 176 Å². The molecule has 0 atom stereocenters. The van der Waals surface area contributed by atoms with Crippen molar-refractivity contribution >= 4 is 43.6 Å². The Morgan fingerprint density at radius 3 is 1.25 bits per heavy atom. The van der Waals surface area contributed by atoms with Gasteiger partial charge in [0.05, 0.1) is 33.5 Å². The van der Waals surface area contributed by atoms with E-state index in [1.54, 1.807) is 0 Å². The lowest BCUT2D eigenvalue weighted by atomic mass is 10.0. The summed E-state index contributed by atoms with van der Waals surface area (Å²) in [6, 6.07) is 82.2. The molecule has 0 aliphatic rings. The molecular formula is C61H39N7. The molecule has 0 aliphatic heterocycles. The Hall–Kier alpha value is -9.33. The van der Waals surface area contributed by atoms with Crippen molar-refractivity contribution in [2.24, 2.45) is 0 Å². The summed E-state index contributed by atoms with van der Waals surface area (Å²) in [6.07, 6.45) is 0. The summed E-state index contributed by atoms with van der Waals surface area (Å²) in [5.74, 6) is 2.46. The second-order valence-electron chi connectivity index (χ2n) is 16.9. The smallest absolute Gasteiger partial charge is 0.238 e. The molecule has 68 heavy (non-hydrogen) atoms. The molecule has 0 bridgehead atoms. The molecule has 4 aromatic heterocycles. The summed E-state index contributed by atoms with van der Waals surface area (Å²) < 4.78 is 4.56. The average molecular weight is 870 g/mol. The van der Waals surface area contributed by atoms with Crippen molar-refractivity contribution in [1.82, 2.24) is 34.1 Å². The third kappa shape index (κ3) is 6.80. The van der Waals surface area contributed by atoms with Crippen LogP contribution in [0.3, 0.4) is 0 Å². The van der Waals surface area contributed by atoms with Gasteiger partial charge >= 0.3 is 0 Å². The molecule has 0 spiro atoms. The Labute approximate surface area is 392 Å². The van der Waals surface area contributed by atoms with E-state index in [4.69, 9.17) is 24.9 Å². The largest absolute Gasteiger partial charge is 0.309 e. The quantitative estimate of drug-likeness (QED) is 0.152. The van der Waals surface area contributed by atoms with Crippen LogP contribution in [-0.4, -0.2) is 34.1 Å². The molecular weight excluding hydrogens is 831 g/mol. The number of rotatable bonds is 8. The topological polar surface area (TPSA) is 74.3 Å². The van der Waals surface area contributed by atoms with Crippen LogP contribution >= 0.6 is 0 Å². The number of nitrogens with zero attached hydrogens (tertiary/aromatic N) is 7. The molecule has 0 radical (unpaired) electrons. The third-order valence-electron chi connectivity index (χ3n) is 12.8. The van der Waals surface area contributed by atoms with Crippen molar-refractivity contribution in [3.63, 3.8) is 0 Å². The van der Waals surface area contributed by atoms with Gasteiger partial charge in [0.25, 0.3) is 0 Å². The molecule has 318 valence electrons. The highest BCUT2D eigenvalue weighted by molar-refractivity contribution is 6.19. The first kappa shape index (κ1) is 39.1. The van der Waals surface area contributed by atoms with Gasteiger partial charge in [0.15, 0.2) is 17.5 Å². The molecule has 0 aliphatic carbocycles. The molecule has 0 unspecified atom stereocenters. The number of fused-ring (bicyclic) bond motifs is 6. The van der Waals surface area contributed by atoms with Crippen molar-refractivity contribution in [1.29, 1.82) is 0 Å². The SMILES string of the molecule is c1ccc(-c2cccc(-c3cc(-c4ccccc4)nc(-c4ccc(-n5c6ccccc6c6cc7c(cc65)c5ccccc5n7-c5nc(-c6ccccc6)nc(-c6ccccc6)n5)cc4)n3)c2)cc1. The first-order chi connectivity index (χ1) is 33.7. The zero-order chi connectivity index (χ0) is 45.0. The number of para-hydroxylation sites is 2. The Kier molecular flexibility index (Phi) is 9.35. The van der Waals surface area contributed by atoms with Gasteiger partial charge in [0.1, 0.15) is 0 Å². The Balaban J connectivity index is 0.964. The van der Waals surface area contributed by atoms with Crippen LogP contribution in [0.2, 0.25) is 0 Å². The van der Waals surface area contributed by atoms with Crippen molar-refractivity contribution in [2.45, 2.75) is 0 Å². The van der Waals surface area contributed by atoms with E-state index in [9.17, 15) is 0 Å². The number of hydrogen-bond acceptors (Lipinski definition) is 5. The van der Waals surface area contributed by atoms with Gasteiger partial charge < -0.3 is 4.57 Å². The maximum atomic E-state index is 5.23. The fourth-order valence-electron chi connectivity index (χ4n) is 9.55. The third-order valence-corrected chi connectivity index (χ3v) is 12.8. The maximum absolute atomic E-state index is 5.23. The molecule has 0 saturated carbocycles. The predicted octanol–water partition coefficient (Wildman–Crippen LogP) is 14.9. The zero-order valence-corrected chi connectivity index (χ0v) is 36.6. The minimum absolute atomic E-state index is 0.563. The number of hydrogen-bond donors (Lipinski definition) is 0. The molecule has 7 heteroatoms. The zero-order valence-electron chi connectivity index (χ0n) is 36.6. The average Bonchev–Trinajstić information content (AvgIpc) is 3.93. The monoisotopic (exact) mass is 869 g/mol.